The number of rotatable bonds is 5. The Hall–Kier alpha value is -0.300. The van der Waals surface area contributed by atoms with Crippen molar-refractivity contribution in [3.63, 3.8) is 0 Å². The van der Waals surface area contributed by atoms with Gasteiger partial charge < -0.3 is 5.32 Å². The molecule has 104 valence electrons. The van der Waals surface area contributed by atoms with Crippen molar-refractivity contribution in [2.24, 2.45) is 5.41 Å². The minimum absolute atomic E-state index is 0.533. The molecule has 0 aromatic heterocycles. The van der Waals surface area contributed by atoms with Gasteiger partial charge >= 0.3 is 0 Å². The smallest absolute Gasteiger partial charge is 0.0333 e. The van der Waals surface area contributed by atoms with Crippen LogP contribution < -0.4 is 5.32 Å². The highest BCUT2D eigenvalue weighted by molar-refractivity contribution is 5.17. The monoisotopic (exact) mass is 249 g/mol. The average Bonchev–Trinajstić information content (AvgIpc) is 2.65. The Labute approximate surface area is 113 Å². The summed E-state index contributed by atoms with van der Waals surface area (Å²) in [6, 6.07) is 0.665. The summed E-state index contributed by atoms with van der Waals surface area (Å²) < 4.78 is 0. The molecule has 1 unspecified atom stereocenters. The number of hydrogen-bond acceptors (Lipinski definition) is 1. The van der Waals surface area contributed by atoms with Gasteiger partial charge in [0.05, 0.1) is 0 Å². The molecule has 18 heavy (non-hydrogen) atoms. The van der Waals surface area contributed by atoms with Gasteiger partial charge in [0.1, 0.15) is 0 Å². The van der Waals surface area contributed by atoms with E-state index in [4.69, 9.17) is 0 Å². The predicted molar refractivity (Wildman–Crippen MR) is 79.8 cm³/mol. The zero-order valence-electron chi connectivity index (χ0n) is 12.4. The van der Waals surface area contributed by atoms with Crippen LogP contribution in [-0.4, -0.2) is 12.6 Å². The average molecular weight is 249 g/mol. The number of nitrogens with one attached hydrogen (secondary N) is 1. The topological polar surface area (TPSA) is 12.0 Å². The van der Waals surface area contributed by atoms with E-state index in [1.807, 2.05) is 0 Å². The normalized spacial score (nSPS) is 25.6. The Bertz CT molecular complexity index is 273. The van der Waals surface area contributed by atoms with E-state index in [0.717, 1.165) is 0 Å². The van der Waals surface area contributed by atoms with Gasteiger partial charge in [-0.3, -0.25) is 0 Å². The Balaban J connectivity index is 2.10. The predicted octanol–water partition coefficient (Wildman–Crippen LogP) is 4.83. The third-order valence-corrected chi connectivity index (χ3v) is 4.99. The lowest BCUT2D eigenvalue weighted by Gasteiger charge is -2.37. The van der Waals surface area contributed by atoms with E-state index in [1.165, 1.54) is 70.8 Å². The van der Waals surface area contributed by atoms with Crippen LogP contribution in [-0.2, 0) is 0 Å². The van der Waals surface area contributed by atoms with Crippen LogP contribution in [0, 0.1) is 5.41 Å². The summed E-state index contributed by atoms with van der Waals surface area (Å²) in [4.78, 5) is 0. The molecule has 0 aliphatic heterocycles. The van der Waals surface area contributed by atoms with Gasteiger partial charge in [0.15, 0.2) is 0 Å². The van der Waals surface area contributed by atoms with Gasteiger partial charge in [0.25, 0.3) is 0 Å². The van der Waals surface area contributed by atoms with Crippen LogP contribution in [0.15, 0.2) is 11.6 Å². The van der Waals surface area contributed by atoms with Crippen molar-refractivity contribution >= 4 is 0 Å². The standard InChI is InChI=1S/C17H31N/c1-3-14-18-16(17(2)12-8-9-13-17)15-10-6-4-5-7-11-15/h10,16,18H,3-9,11-14H2,1-2H3. The van der Waals surface area contributed by atoms with Gasteiger partial charge in [-0.15, -0.1) is 0 Å². The quantitative estimate of drug-likeness (QED) is 0.688. The molecule has 0 saturated heterocycles. The van der Waals surface area contributed by atoms with Crippen molar-refractivity contribution in [3.05, 3.63) is 11.6 Å². The molecular formula is C17H31N. The van der Waals surface area contributed by atoms with Crippen LogP contribution in [0.25, 0.3) is 0 Å². The minimum Gasteiger partial charge on any atom is -0.310 e. The SMILES string of the molecule is CCCNC(C1=CCCCCC1)C1(C)CCCC1. The summed E-state index contributed by atoms with van der Waals surface area (Å²) in [5, 5.41) is 3.88. The van der Waals surface area contributed by atoms with Crippen molar-refractivity contribution < 1.29 is 0 Å². The van der Waals surface area contributed by atoms with Crippen LogP contribution in [0.4, 0.5) is 0 Å². The van der Waals surface area contributed by atoms with Gasteiger partial charge in [-0.05, 0) is 56.9 Å². The second kappa shape index (κ2) is 6.75. The second-order valence-electron chi connectivity index (χ2n) is 6.63. The molecule has 2 aliphatic rings. The van der Waals surface area contributed by atoms with Crippen LogP contribution >= 0.6 is 0 Å². The van der Waals surface area contributed by atoms with Crippen molar-refractivity contribution in [1.29, 1.82) is 0 Å². The summed E-state index contributed by atoms with van der Waals surface area (Å²) in [6.45, 7) is 5.99. The summed E-state index contributed by atoms with van der Waals surface area (Å²) in [6.07, 6.45) is 16.4. The van der Waals surface area contributed by atoms with E-state index in [0.29, 0.717) is 11.5 Å². The van der Waals surface area contributed by atoms with Crippen molar-refractivity contribution in [2.45, 2.75) is 84.1 Å². The third-order valence-electron chi connectivity index (χ3n) is 4.99. The van der Waals surface area contributed by atoms with Gasteiger partial charge in [-0.1, -0.05) is 44.8 Å². The summed E-state index contributed by atoms with van der Waals surface area (Å²) in [7, 11) is 0. The van der Waals surface area contributed by atoms with Crippen LogP contribution in [0.2, 0.25) is 0 Å². The maximum absolute atomic E-state index is 3.88. The molecule has 1 nitrogen and oxygen atoms in total. The molecule has 1 fully saturated rings. The molecule has 0 amide bonds. The van der Waals surface area contributed by atoms with Crippen LogP contribution in [0.1, 0.15) is 78.1 Å². The minimum atomic E-state index is 0.533. The number of allylic oxidation sites excluding steroid dienone is 1. The molecule has 0 radical (unpaired) electrons. The molecule has 2 aliphatic carbocycles. The van der Waals surface area contributed by atoms with Crippen molar-refractivity contribution in [2.75, 3.05) is 6.54 Å². The molecular weight excluding hydrogens is 218 g/mol. The summed E-state index contributed by atoms with van der Waals surface area (Å²) in [5.41, 5.74) is 2.27. The third kappa shape index (κ3) is 3.38. The lowest BCUT2D eigenvalue weighted by Crippen LogP contribution is -2.44. The van der Waals surface area contributed by atoms with E-state index in [2.05, 4.69) is 25.2 Å². The van der Waals surface area contributed by atoms with Crippen LogP contribution in [0.3, 0.4) is 0 Å². The first-order valence-corrected chi connectivity index (χ1v) is 8.18. The Morgan fingerprint density at radius 1 is 1.17 bits per heavy atom. The highest BCUT2D eigenvalue weighted by Crippen LogP contribution is 2.44. The van der Waals surface area contributed by atoms with E-state index in [-0.39, 0.29) is 0 Å². The Morgan fingerprint density at radius 3 is 2.67 bits per heavy atom. The van der Waals surface area contributed by atoms with Crippen molar-refractivity contribution in [1.82, 2.24) is 5.32 Å². The molecule has 0 aromatic carbocycles. The van der Waals surface area contributed by atoms with E-state index in [9.17, 15) is 0 Å². The van der Waals surface area contributed by atoms with Gasteiger partial charge in [0.2, 0.25) is 0 Å². The molecule has 0 heterocycles. The first-order valence-electron chi connectivity index (χ1n) is 8.18. The molecule has 1 saturated carbocycles. The first-order chi connectivity index (χ1) is 8.76. The molecule has 0 bridgehead atoms. The number of hydrogen-bond donors (Lipinski definition) is 1. The Kier molecular flexibility index (Phi) is 5.29. The zero-order valence-corrected chi connectivity index (χ0v) is 12.4. The second-order valence-corrected chi connectivity index (χ2v) is 6.63. The molecule has 2 rings (SSSR count). The summed E-state index contributed by atoms with van der Waals surface area (Å²) in [5.74, 6) is 0. The highest BCUT2D eigenvalue weighted by atomic mass is 14.9. The van der Waals surface area contributed by atoms with Gasteiger partial charge in [-0.25, -0.2) is 0 Å². The van der Waals surface area contributed by atoms with Crippen molar-refractivity contribution in [3.8, 4) is 0 Å². The maximum atomic E-state index is 3.88. The summed E-state index contributed by atoms with van der Waals surface area (Å²) >= 11 is 0. The molecule has 1 heteroatoms. The zero-order chi connectivity index (χ0) is 12.8. The van der Waals surface area contributed by atoms with Gasteiger partial charge in [-0.2, -0.15) is 0 Å². The molecule has 1 N–H and O–H groups in total. The fourth-order valence-electron chi connectivity index (χ4n) is 3.89. The van der Waals surface area contributed by atoms with Gasteiger partial charge in [0, 0.05) is 6.04 Å². The molecule has 0 aromatic rings. The van der Waals surface area contributed by atoms with E-state index >= 15 is 0 Å². The fraction of sp³-hybridized carbons (Fsp3) is 0.882. The first kappa shape index (κ1) is 14.1. The lowest BCUT2D eigenvalue weighted by molar-refractivity contribution is 0.245. The lowest BCUT2D eigenvalue weighted by atomic mass is 9.76. The van der Waals surface area contributed by atoms with E-state index in [1.54, 1.807) is 5.57 Å². The fourth-order valence-corrected chi connectivity index (χ4v) is 3.89. The van der Waals surface area contributed by atoms with Crippen LogP contribution in [0.5, 0.6) is 0 Å². The highest BCUT2D eigenvalue weighted by Gasteiger charge is 2.38. The van der Waals surface area contributed by atoms with E-state index < -0.39 is 0 Å². The largest absolute Gasteiger partial charge is 0.310 e. The maximum Gasteiger partial charge on any atom is 0.0333 e. The Morgan fingerprint density at radius 2 is 1.94 bits per heavy atom. The molecule has 0 spiro atoms. The molecule has 1 atom stereocenters.